The molecule has 0 bridgehead atoms. The lowest BCUT2D eigenvalue weighted by atomic mass is 10.3. The number of primary sulfonamides is 1. The Labute approximate surface area is 150 Å². The highest BCUT2D eigenvalue weighted by molar-refractivity contribution is 8.00. The molecule has 1 fully saturated rings. The second kappa shape index (κ2) is 6.77. The molecule has 25 heavy (non-hydrogen) atoms. The first-order valence-electron chi connectivity index (χ1n) is 7.75. The van der Waals surface area contributed by atoms with Crippen LogP contribution in [0, 0.1) is 0 Å². The molecule has 2 aromatic rings. The first-order chi connectivity index (χ1) is 11.8. The average molecular weight is 381 g/mol. The molecular weight excluding hydrogens is 362 g/mol. The summed E-state index contributed by atoms with van der Waals surface area (Å²) in [6.45, 7) is 1.78. The number of carbonyl (C=O) groups excluding carboxylic acids is 1. The summed E-state index contributed by atoms with van der Waals surface area (Å²) in [7, 11) is -1.84. The largest absolute Gasteiger partial charge is 0.325 e. The summed E-state index contributed by atoms with van der Waals surface area (Å²) >= 11 is 1.33. The van der Waals surface area contributed by atoms with E-state index in [0.717, 1.165) is 18.7 Å². The molecule has 1 aliphatic rings. The van der Waals surface area contributed by atoms with Gasteiger partial charge in [0.1, 0.15) is 5.82 Å². The minimum Gasteiger partial charge on any atom is -0.325 e. The van der Waals surface area contributed by atoms with Crippen LogP contribution in [0.2, 0.25) is 0 Å². The first kappa shape index (κ1) is 17.9. The van der Waals surface area contributed by atoms with Gasteiger partial charge in [-0.15, -0.1) is 10.2 Å². The number of hydrogen-bond acceptors (Lipinski definition) is 6. The van der Waals surface area contributed by atoms with Crippen molar-refractivity contribution in [2.24, 2.45) is 12.2 Å². The second-order valence-electron chi connectivity index (χ2n) is 5.99. The van der Waals surface area contributed by atoms with E-state index in [-0.39, 0.29) is 16.1 Å². The van der Waals surface area contributed by atoms with E-state index in [2.05, 4.69) is 15.5 Å². The highest BCUT2D eigenvalue weighted by Gasteiger charge is 2.30. The van der Waals surface area contributed by atoms with E-state index in [1.54, 1.807) is 6.92 Å². The lowest BCUT2D eigenvalue weighted by molar-refractivity contribution is -0.115. The molecule has 1 aromatic carbocycles. The molecule has 1 atom stereocenters. The normalized spacial score (nSPS) is 15.8. The number of carbonyl (C=O) groups is 1. The Morgan fingerprint density at radius 2 is 1.96 bits per heavy atom. The molecule has 0 unspecified atom stereocenters. The highest BCUT2D eigenvalue weighted by atomic mass is 32.2. The Bertz CT molecular complexity index is 888. The van der Waals surface area contributed by atoms with Gasteiger partial charge < -0.3 is 9.88 Å². The standard InChI is InChI=1S/C15H19N5O3S2/c1-9(24-15-19-18-13(20(15)2)10-3-4-10)14(21)17-11-5-7-12(8-6-11)25(16,22)23/h5-10H,3-4H2,1-2H3,(H,17,21)(H2,16,22,23)/t9-/m1/s1. The molecule has 1 saturated carbocycles. The third-order valence-electron chi connectivity index (χ3n) is 3.91. The number of aromatic nitrogens is 3. The summed E-state index contributed by atoms with van der Waals surface area (Å²) in [6, 6.07) is 5.71. The van der Waals surface area contributed by atoms with Gasteiger partial charge in [-0.25, -0.2) is 13.6 Å². The Morgan fingerprint density at radius 3 is 2.52 bits per heavy atom. The van der Waals surface area contributed by atoms with Gasteiger partial charge in [0, 0.05) is 18.7 Å². The summed E-state index contributed by atoms with van der Waals surface area (Å²) in [4.78, 5) is 12.3. The van der Waals surface area contributed by atoms with E-state index < -0.39 is 10.0 Å². The number of nitrogens with one attached hydrogen (secondary N) is 1. The van der Waals surface area contributed by atoms with E-state index in [1.165, 1.54) is 36.0 Å². The van der Waals surface area contributed by atoms with E-state index in [1.807, 2.05) is 11.6 Å². The molecule has 10 heteroatoms. The van der Waals surface area contributed by atoms with Crippen molar-refractivity contribution in [2.45, 2.75) is 41.0 Å². The van der Waals surface area contributed by atoms with Crippen molar-refractivity contribution in [3.63, 3.8) is 0 Å². The molecular formula is C15H19N5O3S2. The van der Waals surface area contributed by atoms with Gasteiger partial charge in [-0.3, -0.25) is 4.79 Å². The van der Waals surface area contributed by atoms with Crippen molar-refractivity contribution in [3.05, 3.63) is 30.1 Å². The van der Waals surface area contributed by atoms with Crippen LogP contribution in [0.3, 0.4) is 0 Å². The fraction of sp³-hybridized carbons (Fsp3) is 0.400. The summed E-state index contributed by atoms with van der Waals surface area (Å²) in [5.41, 5.74) is 0.501. The molecule has 1 aliphatic carbocycles. The van der Waals surface area contributed by atoms with E-state index in [9.17, 15) is 13.2 Å². The maximum absolute atomic E-state index is 12.3. The number of benzene rings is 1. The minimum absolute atomic E-state index is 0.000359. The van der Waals surface area contributed by atoms with Crippen LogP contribution in [0.5, 0.6) is 0 Å². The van der Waals surface area contributed by atoms with Gasteiger partial charge >= 0.3 is 0 Å². The smallest absolute Gasteiger partial charge is 0.238 e. The van der Waals surface area contributed by atoms with Crippen molar-refractivity contribution in [1.82, 2.24) is 14.8 Å². The second-order valence-corrected chi connectivity index (χ2v) is 8.86. The molecule has 1 heterocycles. The number of rotatable bonds is 6. The summed E-state index contributed by atoms with van der Waals surface area (Å²) in [5.74, 6) is 1.26. The lowest BCUT2D eigenvalue weighted by Gasteiger charge is -2.12. The number of amides is 1. The Morgan fingerprint density at radius 1 is 1.32 bits per heavy atom. The van der Waals surface area contributed by atoms with Crippen LogP contribution in [0.15, 0.2) is 34.3 Å². The fourth-order valence-corrected chi connectivity index (χ4v) is 3.65. The van der Waals surface area contributed by atoms with Gasteiger partial charge in [0.2, 0.25) is 15.9 Å². The van der Waals surface area contributed by atoms with E-state index in [4.69, 9.17) is 5.14 Å². The molecule has 8 nitrogen and oxygen atoms in total. The number of hydrogen-bond donors (Lipinski definition) is 2. The van der Waals surface area contributed by atoms with Gasteiger partial charge in [-0.1, -0.05) is 11.8 Å². The molecule has 134 valence electrons. The lowest BCUT2D eigenvalue weighted by Crippen LogP contribution is -2.23. The molecule has 0 saturated heterocycles. The van der Waals surface area contributed by atoms with Crippen molar-refractivity contribution < 1.29 is 13.2 Å². The van der Waals surface area contributed by atoms with Gasteiger partial charge in [0.05, 0.1) is 10.1 Å². The third kappa shape index (κ3) is 4.20. The predicted octanol–water partition coefficient (Wildman–Crippen LogP) is 1.46. The van der Waals surface area contributed by atoms with Gasteiger partial charge in [0.25, 0.3) is 0 Å². The minimum atomic E-state index is -3.74. The number of nitrogens with zero attached hydrogens (tertiary/aromatic N) is 3. The van der Waals surface area contributed by atoms with Crippen LogP contribution in [0.25, 0.3) is 0 Å². The van der Waals surface area contributed by atoms with Gasteiger partial charge in [-0.2, -0.15) is 0 Å². The summed E-state index contributed by atoms with van der Waals surface area (Å²) < 4.78 is 24.4. The molecule has 0 spiro atoms. The number of anilines is 1. The molecule has 3 rings (SSSR count). The van der Waals surface area contributed by atoms with Crippen LogP contribution in [0.1, 0.15) is 31.5 Å². The maximum atomic E-state index is 12.3. The monoisotopic (exact) mass is 381 g/mol. The maximum Gasteiger partial charge on any atom is 0.238 e. The Kier molecular flexibility index (Phi) is 4.85. The number of sulfonamides is 1. The van der Waals surface area contributed by atoms with Crippen LogP contribution in [0.4, 0.5) is 5.69 Å². The zero-order chi connectivity index (χ0) is 18.2. The zero-order valence-electron chi connectivity index (χ0n) is 13.8. The summed E-state index contributed by atoms with van der Waals surface area (Å²) in [6.07, 6.45) is 2.28. The van der Waals surface area contributed by atoms with E-state index >= 15 is 0 Å². The predicted molar refractivity (Wildman–Crippen MR) is 94.7 cm³/mol. The van der Waals surface area contributed by atoms with E-state index in [0.29, 0.717) is 16.8 Å². The fourth-order valence-electron chi connectivity index (χ4n) is 2.31. The van der Waals surface area contributed by atoms with Crippen molar-refractivity contribution in [1.29, 1.82) is 0 Å². The van der Waals surface area contributed by atoms with Gasteiger partial charge in [0.15, 0.2) is 5.16 Å². The molecule has 0 aliphatic heterocycles. The van der Waals surface area contributed by atoms with Crippen molar-refractivity contribution in [3.8, 4) is 0 Å². The molecule has 3 N–H and O–H groups in total. The van der Waals surface area contributed by atoms with Crippen LogP contribution in [-0.2, 0) is 21.9 Å². The van der Waals surface area contributed by atoms with Crippen molar-refractivity contribution >= 4 is 33.4 Å². The average Bonchev–Trinajstić information content (AvgIpc) is 3.32. The highest BCUT2D eigenvalue weighted by Crippen LogP contribution is 2.39. The van der Waals surface area contributed by atoms with Gasteiger partial charge in [-0.05, 0) is 44.0 Å². The first-order valence-corrected chi connectivity index (χ1v) is 10.2. The van der Waals surface area contributed by atoms with Crippen molar-refractivity contribution in [2.75, 3.05) is 5.32 Å². The quantitative estimate of drug-likeness (QED) is 0.731. The Hall–Kier alpha value is -1.91. The SMILES string of the molecule is C[C@@H](Sc1nnc(C2CC2)n1C)C(=O)Nc1ccc(S(N)(=O)=O)cc1. The van der Waals surface area contributed by atoms with Crippen LogP contribution < -0.4 is 10.5 Å². The third-order valence-corrected chi connectivity index (χ3v) is 5.98. The number of thioether (sulfide) groups is 1. The molecule has 1 amide bonds. The molecule has 0 radical (unpaired) electrons. The topological polar surface area (TPSA) is 120 Å². The van der Waals surface area contributed by atoms with Crippen LogP contribution in [-0.4, -0.2) is 34.3 Å². The Balaban J connectivity index is 1.62. The van der Waals surface area contributed by atoms with Crippen LogP contribution >= 0.6 is 11.8 Å². The zero-order valence-corrected chi connectivity index (χ0v) is 15.5. The molecule has 1 aromatic heterocycles. The summed E-state index contributed by atoms with van der Waals surface area (Å²) in [5, 5.41) is 16.5. The number of nitrogens with two attached hydrogens (primary N) is 1.